The molecule has 0 amide bonds. The van der Waals surface area contributed by atoms with Gasteiger partial charge in [0.15, 0.2) is 0 Å². The summed E-state index contributed by atoms with van der Waals surface area (Å²) in [5, 5.41) is 9.97. The largest absolute Gasteiger partial charge is 0.481 e. The van der Waals surface area contributed by atoms with E-state index in [1.807, 2.05) is 13.8 Å². The van der Waals surface area contributed by atoms with Crippen molar-refractivity contribution < 1.29 is 14.7 Å². The highest BCUT2D eigenvalue weighted by Gasteiger charge is 2.74. The highest BCUT2D eigenvalue weighted by molar-refractivity contribution is 9.09. The van der Waals surface area contributed by atoms with Gasteiger partial charge in [-0.15, -0.1) is 0 Å². The van der Waals surface area contributed by atoms with E-state index in [4.69, 9.17) is 0 Å². The van der Waals surface area contributed by atoms with Gasteiger partial charge in [-0.2, -0.15) is 0 Å². The van der Waals surface area contributed by atoms with Gasteiger partial charge in [0.05, 0.1) is 5.41 Å². The molecule has 0 radical (unpaired) electrons. The minimum Gasteiger partial charge on any atom is -0.481 e. The first-order chi connectivity index (χ1) is 6.84. The minimum atomic E-state index is -0.822. The van der Waals surface area contributed by atoms with Crippen molar-refractivity contribution in [1.82, 2.24) is 0 Å². The molecule has 84 valence electrons. The Balaban J connectivity index is 2.59. The molecule has 2 bridgehead atoms. The third kappa shape index (κ3) is 0.924. The Morgan fingerprint density at radius 2 is 2.07 bits per heavy atom. The molecule has 4 heteroatoms. The maximum Gasteiger partial charge on any atom is 0.310 e. The zero-order valence-corrected chi connectivity index (χ0v) is 10.6. The number of carboxylic acids is 1. The standard InChI is InChI=1S/C11H15BrO3/c1-9(2)10(8(14)15)3-4-11(9,6-12)7(13)5-10/h3-6H2,1-2H3,(H,14,15). The van der Waals surface area contributed by atoms with Crippen LogP contribution in [0.1, 0.15) is 33.1 Å². The van der Waals surface area contributed by atoms with E-state index in [0.29, 0.717) is 18.2 Å². The van der Waals surface area contributed by atoms with Gasteiger partial charge in [-0.25, -0.2) is 0 Å². The van der Waals surface area contributed by atoms with E-state index >= 15 is 0 Å². The number of hydrogen-bond donors (Lipinski definition) is 1. The number of hydrogen-bond acceptors (Lipinski definition) is 2. The minimum absolute atomic E-state index is 0.123. The average molecular weight is 275 g/mol. The number of carbonyl (C=O) groups excluding carboxylic acids is 1. The lowest BCUT2D eigenvalue weighted by atomic mass is 9.65. The van der Waals surface area contributed by atoms with E-state index in [9.17, 15) is 14.7 Å². The molecular weight excluding hydrogens is 260 g/mol. The number of halogens is 1. The molecular formula is C11H15BrO3. The summed E-state index contributed by atoms with van der Waals surface area (Å²) >= 11 is 3.40. The van der Waals surface area contributed by atoms with Gasteiger partial charge >= 0.3 is 5.97 Å². The molecule has 0 aliphatic heterocycles. The van der Waals surface area contributed by atoms with E-state index < -0.39 is 22.2 Å². The highest BCUT2D eigenvalue weighted by Crippen LogP contribution is 2.71. The fourth-order valence-corrected chi connectivity index (χ4v) is 4.80. The zero-order chi connectivity index (χ0) is 11.5. The Hall–Kier alpha value is -0.380. The van der Waals surface area contributed by atoms with Crippen LogP contribution in [-0.2, 0) is 9.59 Å². The van der Waals surface area contributed by atoms with Gasteiger partial charge in [-0.05, 0) is 18.3 Å². The van der Waals surface area contributed by atoms with Crippen LogP contribution < -0.4 is 0 Å². The van der Waals surface area contributed by atoms with Crippen LogP contribution in [-0.4, -0.2) is 22.2 Å². The number of ketones is 1. The summed E-state index contributed by atoms with van der Waals surface area (Å²) in [7, 11) is 0. The molecule has 2 saturated carbocycles. The third-order valence-corrected chi connectivity index (χ3v) is 5.96. The van der Waals surface area contributed by atoms with Crippen molar-refractivity contribution >= 4 is 27.7 Å². The molecule has 2 atom stereocenters. The monoisotopic (exact) mass is 274 g/mol. The Labute approximate surface area is 97.4 Å². The number of alkyl halides is 1. The van der Waals surface area contributed by atoms with Gasteiger partial charge in [0.1, 0.15) is 5.78 Å². The smallest absolute Gasteiger partial charge is 0.310 e. The molecule has 15 heavy (non-hydrogen) atoms. The predicted octanol–water partition coefficient (Wildman–Crippen LogP) is 2.23. The van der Waals surface area contributed by atoms with Gasteiger partial charge in [0.25, 0.3) is 0 Å². The van der Waals surface area contributed by atoms with Crippen molar-refractivity contribution in [2.24, 2.45) is 16.2 Å². The first-order valence-electron chi connectivity index (χ1n) is 5.17. The average Bonchev–Trinajstić information content (AvgIpc) is 2.47. The zero-order valence-electron chi connectivity index (χ0n) is 8.97. The van der Waals surface area contributed by atoms with Crippen molar-refractivity contribution in [1.29, 1.82) is 0 Å². The van der Waals surface area contributed by atoms with Crippen LogP contribution in [0.5, 0.6) is 0 Å². The van der Waals surface area contributed by atoms with Crippen molar-refractivity contribution in [3.63, 3.8) is 0 Å². The fraction of sp³-hybridized carbons (Fsp3) is 0.818. The van der Waals surface area contributed by atoms with Crippen molar-refractivity contribution in [2.75, 3.05) is 5.33 Å². The van der Waals surface area contributed by atoms with E-state index in [0.717, 1.165) is 0 Å². The highest BCUT2D eigenvalue weighted by atomic mass is 79.9. The first kappa shape index (κ1) is 11.1. The third-order valence-electron chi connectivity index (χ3n) is 5.00. The molecule has 0 saturated heterocycles. The van der Waals surface area contributed by atoms with E-state index in [1.54, 1.807) is 0 Å². The molecule has 2 fully saturated rings. The first-order valence-corrected chi connectivity index (χ1v) is 6.29. The quantitative estimate of drug-likeness (QED) is 0.786. The van der Waals surface area contributed by atoms with Crippen molar-refractivity contribution in [3.8, 4) is 0 Å². The number of fused-ring (bicyclic) bond motifs is 2. The Morgan fingerprint density at radius 1 is 1.47 bits per heavy atom. The summed E-state index contributed by atoms with van der Waals surface area (Å²) in [4.78, 5) is 23.5. The normalized spacial score (nSPS) is 42.2. The number of carbonyl (C=O) groups is 2. The lowest BCUT2D eigenvalue weighted by Crippen LogP contribution is -2.42. The number of carboxylic acid groups (broad SMARTS) is 1. The molecule has 0 spiro atoms. The van der Waals surface area contributed by atoms with E-state index in [2.05, 4.69) is 15.9 Å². The van der Waals surface area contributed by atoms with E-state index in [-0.39, 0.29) is 12.2 Å². The molecule has 2 rings (SSSR count). The fourth-order valence-electron chi connectivity index (χ4n) is 3.51. The SMILES string of the molecule is CC1(C)C2(C(=O)O)CCC1(CBr)C(=O)C2. The van der Waals surface area contributed by atoms with Crippen LogP contribution in [0.2, 0.25) is 0 Å². The van der Waals surface area contributed by atoms with Crippen LogP contribution in [0.3, 0.4) is 0 Å². The molecule has 1 N–H and O–H groups in total. The topological polar surface area (TPSA) is 54.4 Å². The Morgan fingerprint density at radius 3 is 2.33 bits per heavy atom. The molecule has 3 nitrogen and oxygen atoms in total. The van der Waals surface area contributed by atoms with Crippen LogP contribution in [0.25, 0.3) is 0 Å². The van der Waals surface area contributed by atoms with Gasteiger partial charge < -0.3 is 5.11 Å². The second-order valence-electron chi connectivity index (χ2n) is 5.33. The van der Waals surface area contributed by atoms with Crippen molar-refractivity contribution in [2.45, 2.75) is 33.1 Å². The lowest BCUT2D eigenvalue weighted by Gasteiger charge is -2.38. The number of rotatable bonds is 2. The Bertz CT molecular complexity index is 350. The molecule has 2 aliphatic carbocycles. The number of Topliss-reactive ketones (excluding diaryl/α,β-unsaturated/α-hetero) is 1. The lowest BCUT2D eigenvalue weighted by molar-refractivity contribution is -0.154. The van der Waals surface area contributed by atoms with Crippen molar-refractivity contribution in [3.05, 3.63) is 0 Å². The summed E-state index contributed by atoms with van der Waals surface area (Å²) in [6.07, 6.45) is 1.55. The van der Waals surface area contributed by atoms with Gasteiger partial charge in [-0.1, -0.05) is 29.8 Å². The molecule has 2 unspecified atom stereocenters. The van der Waals surface area contributed by atoms with Gasteiger partial charge in [-0.3, -0.25) is 9.59 Å². The van der Waals surface area contributed by atoms with Crippen LogP contribution in [0.4, 0.5) is 0 Å². The van der Waals surface area contributed by atoms with Gasteiger partial charge in [0.2, 0.25) is 0 Å². The molecule has 0 aromatic carbocycles. The number of aliphatic carboxylic acids is 1. The molecule has 0 aromatic rings. The summed E-state index contributed by atoms with van der Waals surface area (Å²) < 4.78 is 0. The maximum absolute atomic E-state index is 12.0. The molecule has 0 heterocycles. The summed E-state index contributed by atoms with van der Waals surface area (Å²) in [6.45, 7) is 3.86. The summed E-state index contributed by atoms with van der Waals surface area (Å²) in [5.74, 6) is -0.681. The maximum atomic E-state index is 12.0. The second kappa shape index (κ2) is 2.84. The van der Waals surface area contributed by atoms with E-state index in [1.165, 1.54) is 0 Å². The summed E-state index contributed by atoms with van der Waals surface area (Å²) in [5.41, 5.74) is -1.71. The van der Waals surface area contributed by atoms with Crippen LogP contribution in [0.15, 0.2) is 0 Å². The van der Waals surface area contributed by atoms with Gasteiger partial charge in [0, 0.05) is 17.2 Å². The Kier molecular flexibility index (Phi) is 2.11. The predicted molar refractivity (Wildman–Crippen MR) is 58.9 cm³/mol. The van der Waals surface area contributed by atoms with Crippen LogP contribution >= 0.6 is 15.9 Å². The van der Waals surface area contributed by atoms with Crippen LogP contribution in [0, 0.1) is 16.2 Å². The second-order valence-corrected chi connectivity index (χ2v) is 5.89. The molecule has 2 aliphatic rings. The molecule has 0 aromatic heterocycles. The summed E-state index contributed by atoms with van der Waals surface area (Å²) in [6, 6.07) is 0.